The summed E-state index contributed by atoms with van der Waals surface area (Å²) in [6.07, 6.45) is -2.96. The molecule has 2 aromatic heterocycles. The molecule has 0 unspecified atom stereocenters. The van der Waals surface area contributed by atoms with Gasteiger partial charge in [0, 0.05) is 17.4 Å². The first-order chi connectivity index (χ1) is 14.7. The van der Waals surface area contributed by atoms with E-state index in [2.05, 4.69) is 20.9 Å². The van der Waals surface area contributed by atoms with E-state index in [0.717, 1.165) is 11.1 Å². The molecule has 0 spiro atoms. The second kappa shape index (κ2) is 7.59. The Labute approximate surface area is 172 Å². The molecule has 31 heavy (non-hydrogen) atoms. The molecule has 158 valence electrons. The molecule has 4 aromatic rings. The maximum atomic E-state index is 13.8. The van der Waals surface area contributed by atoms with Crippen LogP contribution in [0.4, 0.5) is 39.5 Å². The Morgan fingerprint density at radius 3 is 2.48 bits per heavy atom. The number of fused-ring (bicyclic) bond motifs is 1. The van der Waals surface area contributed by atoms with Gasteiger partial charge in [0.25, 0.3) is 0 Å². The number of amides is 2. The lowest BCUT2D eigenvalue weighted by Crippen LogP contribution is -2.20. The van der Waals surface area contributed by atoms with Gasteiger partial charge in [0.2, 0.25) is 0 Å². The van der Waals surface area contributed by atoms with Crippen molar-refractivity contribution in [1.29, 1.82) is 0 Å². The molecule has 0 bridgehead atoms. The second-order valence-corrected chi connectivity index (χ2v) is 6.54. The lowest BCUT2D eigenvalue weighted by atomic mass is 10.1. The predicted octanol–water partition coefficient (Wildman–Crippen LogP) is 4.78. The van der Waals surface area contributed by atoms with Crippen molar-refractivity contribution in [2.24, 2.45) is 0 Å². The highest BCUT2D eigenvalue weighted by atomic mass is 19.4. The van der Waals surface area contributed by atoms with Crippen molar-refractivity contribution in [2.75, 3.05) is 16.4 Å². The molecule has 0 radical (unpaired) electrons. The number of rotatable bonds is 3. The fraction of sp³-hybridized carbons (Fsp3) is 0.0500. The number of nitrogens with one attached hydrogen (secondary N) is 2. The van der Waals surface area contributed by atoms with Crippen LogP contribution < -0.4 is 16.4 Å². The van der Waals surface area contributed by atoms with Crippen LogP contribution in [0.1, 0.15) is 5.56 Å². The van der Waals surface area contributed by atoms with E-state index in [-0.39, 0.29) is 5.82 Å². The van der Waals surface area contributed by atoms with Gasteiger partial charge in [-0.05, 0) is 42.0 Å². The molecule has 0 saturated carbocycles. The molecule has 7 nitrogen and oxygen atoms in total. The molecule has 0 aliphatic rings. The number of urea groups is 1. The minimum Gasteiger partial charge on any atom is -0.380 e. The molecule has 0 saturated heterocycles. The van der Waals surface area contributed by atoms with Crippen LogP contribution in [0.25, 0.3) is 16.6 Å². The third kappa shape index (κ3) is 4.10. The van der Waals surface area contributed by atoms with Gasteiger partial charge >= 0.3 is 12.2 Å². The van der Waals surface area contributed by atoms with Crippen molar-refractivity contribution >= 4 is 28.7 Å². The zero-order valence-electron chi connectivity index (χ0n) is 15.6. The van der Waals surface area contributed by atoms with Crippen LogP contribution in [-0.4, -0.2) is 20.9 Å². The summed E-state index contributed by atoms with van der Waals surface area (Å²) < 4.78 is 53.7. The summed E-state index contributed by atoms with van der Waals surface area (Å²) in [4.78, 5) is 12.1. The number of nitrogen functional groups attached to an aromatic ring is 1. The Kier molecular flexibility index (Phi) is 4.93. The molecule has 0 atom stereocenters. The van der Waals surface area contributed by atoms with Crippen LogP contribution in [-0.2, 0) is 6.18 Å². The number of aromatic nitrogens is 3. The van der Waals surface area contributed by atoms with Gasteiger partial charge in [-0.1, -0.05) is 23.4 Å². The molecule has 11 heteroatoms. The Morgan fingerprint density at radius 1 is 1.03 bits per heavy atom. The normalized spacial score (nSPS) is 11.5. The largest absolute Gasteiger partial charge is 0.416 e. The number of benzene rings is 2. The third-order valence-corrected chi connectivity index (χ3v) is 4.46. The average molecular weight is 430 g/mol. The number of alkyl halides is 3. The van der Waals surface area contributed by atoms with Crippen molar-refractivity contribution in [2.45, 2.75) is 6.18 Å². The number of nitrogens with two attached hydrogens (primary N) is 1. The number of pyridine rings is 1. The summed E-state index contributed by atoms with van der Waals surface area (Å²) in [5.74, 6) is -0.723. The molecule has 2 amide bonds. The van der Waals surface area contributed by atoms with Crippen molar-refractivity contribution in [3.8, 4) is 11.1 Å². The van der Waals surface area contributed by atoms with Crippen molar-refractivity contribution in [3.63, 3.8) is 0 Å². The molecule has 4 N–H and O–H groups in total. The Bertz CT molecular complexity index is 1270. The first-order valence-corrected chi connectivity index (χ1v) is 8.87. The van der Waals surface area contributed by atoms with E-state index >= 15 is 0 Å². The van der Waals surface area contributed by atoms with Crippen LogP contribution >= 0.6 is 0 Å². The average Bonchev–Trinajstić information content (AvgIpc) is 3.10. The third-order valence-electron chi connectivity index (χ3n) is 4.46. The van der Waals surface area contributed by atoms with E-state index in [4.69, 9.17) is 5.73 Å². The van der Waals surface area contributed by atoms with Crippen molar-refractivity contribution in [3.05, 3.63) is 72.2 Å². The highest BCUT2D eigenvalue weighted by molar-refractivity contribution is 6.00. The number of carbonyl (C=O) groups excluding carboxylic acids is 1. The maximum absolute atomic E-state index is 13.8. The molecule has 0 aliphatic carbocycles. The number of carbonyl (C=O) groups is 1. The van der Waals surface area contributed by atoms with Gasteiger partial charge in [0.1, 0.15) is 11.3 Å². The van der Waals surface area contributed by atoms with Gasteiger partial charge < -0.3 is 16.4 Å². The van der Waals surface area contributed by atoms with Gasteiger partial charge in [-0.25, -0.2) is 13.7 Å². The Hall–Kier alpha value is -4.15. The van der Waals surface area contributed by atoms with Crippen LogP contribution in [0.2, 0.25) is 0 Å². The highest BCUT2D eigenvalue weighted by Gasteiger charge is 2.31. The molecular weight excluding hydrogens is 416 g/mol. The van der Waals surface area contributed by atoms with Gasteiger partial charge in [0.15, 0.2) is 5.82 Å². The lowest BCUT2D eigenvalue weighted by Gasteiger charge is -2.12. The summed E-state index contributed by atoms with van der Waals surface area (Å²) >= 11 is 0. The number of hydrogen-bond acceptors (Lipinski definition) is 4. The standard InChI is InChI=1S/C20H14F4N6O/c21-15-8-5-12(20(22,23)24)10-16(15)27-19(31)26-13-6-3-11(4-7-13)14-2-1-9-30-17(14)18(25)28-29-30/h1-10H,25H2,(H2,26,27,31). The minimum atomic E-state index is -4.66. The molecule has 4 rings (SSSR count). The molecule has 0 aliphatic heterocycles. The Balaban J connectivity index is 1.51. The number of anilines is 3. The Morgan fingerprint density at radius 2 is 1.77 bits per heavy atom. The zero-order valence-corrected chi connectivity index (χ0v) is 15.6. The van der Waals surface area contributed by atoms with Gasteiger partial charge in [-0.2, -0.15) is 13.2 Å². The SMILES string of the molecule is Nc1nnn2cccc(-c3ccc(NC(=O)Nc4cc(C(F)(F)F)ccc4F)cc3)c12. The lowest BCUT2D eigenvalue weighted by molar-refractivity contribution is -0.137. The quantitative estimate of drug-likeness (QED) is 0.408. The first-order valence-electron chi connectivity index (χ1n) is 8.87. The first kappa shape index (κ1) is 20.1. The maximum Gasteiger partial charge on any atom is 0.416 e. The van der Waals surface area contributed by atoms with Crippen LogP contribution in [0.5, 0.6) is 0 Å². The number of nitrogens with zero attached hydrogens (tertiary/aromatic N) is 3. The fourth-order valence-electron chi connectivity index (χ4n) is 3.02. The van der Waals surface area contributed by atoms with E-state index in [1.54, 1.807) is 36.5 Å². The smallest absolute Gasteiger partial charge is 0.380 e. The van der Waals surface area contributed by atoms with Gasteiger partial charge in [-0.15, -0.1) is 5.10 Å². The van der Waals surface area contributed by atoms with Crippen LogP contribution in [0, 0.1) is 5.82 Å². The molecule has 2 aromatic carbocycles. The monoisotopic (exact) mass is 430 g/mol. The minimum absolute atomic E-state index is 0.264. The fourth-order valence-corrected chi connectivity index (χ4v) is 3.02. The van der Waals surface area contributed by atoms with E-state index in [0.29, 0.717) is 29.4 Å². The number of hydrogen-bond donors (Lipinski definition) is 3. The number of halogens is 4. The predicted molar refractivity (Wildman–Crippen MR) is 107 cm³/mol. The molecule has 2 heterocycles. The summed E-state index contributed by atoms with van der Waals surface area (Å²) in [7, 11) is 0. The summed E-state index contributed by atoms with van der Waals surface area (Å²) in [5, 5.41) is 12.3. The molecular formula is C20H14F4N6O. The van der Waals surface area contributed by atoms with Gasteiger partial charge in [0.05, 0.1) is 11.3 Å². The van der Waals surface area contributed by atoms with E-state index in [1.807, 2.05) is 6.07 Å². The summed E-state index contributed by atoms with van der Waals surface area (Å²) in [6.45, 7) is 0. The van der Waals surface area contributed by atoms with Crippen LogP contribution in [0.15, 0.2) is 60.8 Å². The van der Waals surface area contributed by atoms with E-state index < -0.39 is 29.3 Å². The van der Waals surface area contributed by atoms with Crippen molar-refractivity contribution in [1.82, 2.24) is 14.8 Å². The van der Waals surface area contributed by atoms with Crippen LogP contribution in [0.3, 0.4) is 0 Å². The zero-order chi connectivity index (χ0) is 22.2. The van der Waals surface area contributed by atoms with E-state index in [9.17, 15) is 22.4 Å². The highest BCUT2D eigenvalue weighted by Crippen LogP contribution is 2.32. The van der Waals surface area contributed by atoms with Gasteiger partial charge in [-0.3, -0.25) is 0 Å². The topological polar surface area (TPSA) is 97.3 Å². The second-order valence-electron chi connectivity index (χ2n) is 6.54. The molecule has 0 fully saturated rings. The summed E-state index contributed by atoms with van der Waals surface area (Å²) in [5.41, 5.74) is 6.73. The van der Waals surface area contributed by atoms with Crippen molar-refractivity contribution < 1.29 is 22.4 Å². The van der Waals surface area contributed by atoms with E-state index in [1.165, 1.54) is 4.52 Å². The summed E-state index contributed by atoms with van der Waals surface area (Å²) in [6, 6.07) is 11.1.